The molecule has 0 radical (unpaired) electrons. The van der Waals surface area contributed by atoms with Gasteiger partial charge in [0.2, 0.25) is 0 Å². The Morgan fingerprint density at radius 2 is 1.50 bits per heavy atom. The molecule has 4 aliphatic rings. The molecular formula is C28H57BrSi2Zr. The Labute approximate surface area is 235 Å². The Bertz CT molecular complexity index is 504. The van der Waals surface area contributed by atoms with Gasteiger partial charge in [-0.25, -0.2) is 0 Å². The molecule has 0 heterocycles. The van der Waals surface area contributed by atoms with Crippen molar-refractivity contribution >= 4 is 32.6 Å². The summed E-state index contributed by atoms with van der Waals surface area (Å²) in [7, 11) is -1.06. The molecule has 0 amide bonds. The molecule has 188 valence electrons. The Hall–Kier alpha value is 1.80. The fourth-order valence-electron chi connectivity index (χ4n) is 8.65. The maximum atomic E-state index is 4.27. The quantitative estimate of drug-likeness (QED) is 0.158. The summed E-state index contributed by atoms with van der Waals surface area (Å²) in [6, 6.07) is 0. The number of rotatable bonds is 6. The SMILES string of the molecule is CCCCC1CCC([SiH](C)[SiH](C)C2C(C)CC3C(Br)C4CCCC4CC32)C1.[CH3-].[CH3-].[CH3-].[CH3-].[Zr+4]. The second kappa shape index (κ2) is 15.8. The van der Waals surface area contributed by atoms with E-state index in [0.29, 0.717) is 0 Å². The van der Waals surface area contributed by atoms with Crippen molar-refractivity contribution in [1.82, 2.24) is 0 Å². The Balaban J connectivity index is 0. The van der Waals surface area contributed by atoms with Gasteiger partial charge in [0, 0.05) is 21.5 Å². The van der Waals surface area contributed by atoms with Gasteiger partial charge in [0.15, 0.2) is 0 Å². The first kappa shape index (κ1) is 36.0. The van der Waals surface area contributed by atoms with Crippen LogP contribution >= 0.6 is 15.9 Å². The molecule has 0 aromatic heterocycles. The van der Waals surface area contributed by atoms with E-state index in [1.807, 2.05) is 0 Å². The Kier molecular flexibility index (Phi) is 17.8. The van der Waals surface area contributed by atoms with Gasteiger partial charge < -0.3 is 29.7 Å². The third-order valence-corrected chi connectivity index (χ3v) is 25.6. The van der Waals surface area contributed by atoms with E-state index in [1.54, 1.807) is 44.9 Å². The maximum Gasteiger partial charge on any atom is 4.00 e. The molecule has 0 spiro atoms. The molecule has 4 heteroatoms. The summed E-state index contributed by atoms with van der Waals surface area (Å²) >= 11 is 4.27. The van der Waals surface area contributed by atoms with Gasteiger partial charge in [0.1, 0.15) is 0 Å². The molecule has 11 atom stereocenters. The van der Waals surface area contributed by atoms with Gasteiger partial charge in [0.05, 0.1) is 0 Å². The molecule has 0 bridgehead atoms. The average Bonchev–Trinajstić information content (AvgIpc) is 3.37. The second-order valence-electron chi connectivity index (χ2n) is 11.5. The van der Waals surface area contributed by atoms with Crippen LogP contribution in [0.1, 0.15) is 84.5 Å². The first-order valence-corrected chi connectivity index (χ1v) is 19.9. The average molecular weight is 621 g/mol. The summed E-state index contributed by atoms with van der Waals surface area (Å²) in [5.74, 6) is 6.46. The van der Waals surface area contributed by atoms with Crippen LogP contribution < -0.4 is 0 Å². The Morgan fingerprint density at radius 3 is 2.16 bits per heavy atom. The number of unbranched alkanes of at least 4 members (excludes halogenated alkanes) is 1. The van der Waals surface area contributed by atoms with E-state index >= 15 is 0 Å². The van der Waals surface area contributed by atoms with Crippen LogP contribution in [0.25, 0.3) is 0 Å². The van der Waals surface area contributed by atoms with Gasteiger partial charge in [0.25, 0.3) is 0 Å². The van der Waals surface area contributed by atoms with Gasteiger partial charge in [-0.1, -0.05) is 99.8 Å². The molecule has 4 aliphatic carbocycles. The van der Waals surface area contributed by atoms with E-state index in [4.69, 9.17) is 0 Å². The molecule has 4 rings (SSSR count). The first-order valence-electron chi connectivity index (χ1n) is 12.6. The predicted octanol–water partition coefficient (Wildman–Crippen LogP) is 9.16. The molecule has 4 fully saturated rings. The molecule has 11 unspecified atom stereocenters. The van der Waals surface area contributed by atoms with E-state index in [9.17, 15) is 0 Å². The molecular weight excluding hydrogens is 564 g/mol. The van der Waals surface area contributed by atoms with Crippen molar-refractivity contribution < 1.29 is 26.2 Å². The minimum Gasteiger partial charge on any atom is -0.358 e. The fraction of sp³-hybridized carbons (Fsp3) is 0.857. The number of halogens is 1. The van der Waals surface area contributed by atoms with E-state index < -0.39 is 16.6 Å². The zero-order chi connectivity index (χ0) is 19.1. The smallest absolute Gasteiger partial charge is 0.358 e. The summed E-state index contributed by atoms with van der Waals surface area (Å²) in [5, 5.41) is 0. The summed E-state index contributed by atoms with van der Waals surface area (Å²) in [6.07, 6.45) is 17.1. The van der Waals surface area contributed by atoms with Crippen molar-refractivity contribution in [3.05, 3.63) is 29.7 Å². The van der Waals surface area contributed by atoms with Crippen molar-refractivity contribution in [3.63, 3.8) is 0 Å². The van der Waals surface area contributed by atoms with E-state index in [-0.39, 0.29) is 55.9 Å². The first-order chi connectivity index (χ1) is 13.0. The van der Waals surface area contributed by atoms with Crippen LogP contribution in [-0.2, 0) is 26.2 Å². The van der Waals surface area contributed by atoms with Crippen molar-refractivity contribution in [2.45, 2.75) is 113 Å². The van der Waals surface area contributed by atoms with Gasteiger partial charge >= 0.3 is 26.2 Å². The third-order valence-electron chi connectivity index (χ3n) is 10.2. The van der Waals surface area contributed by atoms with Crippen LogP contribution in [0.2, 0.25) is 24.2 Å². The summed E-state index contributed by atoms with van der Waals surface area (Å²) in [5.41, 5.74) is 2.43. The molecule has 0 nitrogen and oxygen atoms in total. The monoisotopic (exact) mass is 618 g/mol. The molecule has 0 aromatic rings. The second-order valence-corrected chi connectivity index (χ2v) is 24.0. The van der Waals surface area contributed by atoms with Crippen molar-refractivity contribution in [2.24, 2.45) is 35.5 Å². The minimum atomic E-state index is -0.556. The molecule has 0 saturated heterocycles. The van der Waals surface area contributed by atoms with Gasteiger partial charge in [-0.15, -0.1) is 0 Å². The standard InChI is InChI=1S/C24H45BrSi2.4CH3.Zr/c1-5-6-8-17-11-12-19(14-17)26(3)27(4)24-16(2)13-21-22(24)15-18-9-7-10-20(18)23(21)25;;;;;/h16-24,26-27H,5-15H2,1-4H3;4*1H3;/q;4*-1;+4. The van der Waals surface area contributed by atoms with Crippen LogP contribution in [0, 0.1) is 65.2 Å². The topological polar surface area (TPSA) is 0 Å². The molecule has 32 heavy (non-hydrogen) atoms. The van der Waals surface area contributed by atoms with Gasteiger partial charge in [-0.2, -0.15) is 0 Å². The predicted molar refractivity (Wildman–Crippen MR) is 155 cm³/mol. The zero-order valence-electron chi connectivity index (χ0n) is 23.0. The number of hydrogen-bond donors (Lipinski definition) is 0. The van der Waals surface area contributed by atoms with Crippen LogP contribution in [0.3, 0.4) is 0 Å². The molecule has 0 aromatic carbocycles. The zero-order valence-corrected chi connectivity index (χ0v) is 29.4. The van der Waals surface area contributed by atoms with Gasteiger partial charge in [-0.3, -0.25) is 0 Å². The van der Waals surface area contributed by atoms with Crippen LogP contribution in [0.5, 0.6) is 0 Å². The van der Waals surface area contributed by atoms with Gasteiger partial charge in [-0.05, 0) is 60.3 Å². The minimum absolute atomic E-state index is 0. The van der Waals surface area contributed by atoms with Crippen molar-refractivity contribution in [2.75, 3.05) is 0 Å². The third kappa shape index (κ3) is 7.18. The molecule has 0 aliphatic heterocycles. The van der Waals surface area contributed by atoms with E-state index in [1.165, 1.54) is 36.8 Å². The molecule has 0 N–H and O–H groups in total. The summed E-state index contributed by atoms with van der Waals surface area (Å²) in [4.78, 5) is 0.874. The summed E-state index contributed by atoms with van der Waals surface area (Å²) < 4.78 is 0. The van der Waals surface area contributed by atoms with Crippen LogP contribution in [0.15, 0.2) is 0 Å². The number of hydrogen-bond acceptors (Lipinski definition) is 0. The maximum absolute atomic E-state index is 4.27. The summed E-state index contributed by atoms with van der Waals surface area (Å²) in [6.45, 7) is 10.7. The van der Waals surface area contributed by atoms with Crippen LogP contribution in [-0.4, -0.2) is 21.5 Å². The fourth-order valence-corrected chi connectivity index (χ4v) is 23.2. The normalized spacial score (nSPS) is 41.3. The number of alkyl halides is 1. The molecule has 4 saturated carbocycles. The van der Waals surface area contributed by atoms with Crippen molar-refractivity contribution in [3.8, 4) is 0 Å². The van der Waals surface area contributed by atoms with E-state index in [2.05, 4.69) is 42.9 Å². The van der Waals surface area contributed by atoms with Crippen LogP contribution in [0.4, 0.5) is 0 Å². The van der Waals surface area contributed by atoms with E-state index in [0.717, 1.165) is 40.3 Å². The number of fused-ring (bicyclic) bond motifs is 2. The Morgan fingerprint density at radius 1 is 0.812 bits per heavy atom. The van der Waals surface area contributed by atoms with Crippen molar-refractivity contribution in [1.29, 1.82) is 0 Å². The largest absolute Gasteiger partial charge is 4.00 e.